The van der Waals surface area contributed by atoms with Gasteiger partial charge in [0.25, 0.3) is 0 Å². The zero-order valence-corrected chi connectivity index (χ0v) is 12.2. The van der Waals surface area contributed by atoms with E-state index in [0.29, 0.717) is 12.1 Å². The van der Waals surface area contributed by atoms with Gasteiger partial charge >= 0.3 is 0 Å². The molecule has 4 nitrogen and oxygen atoms in total. The summed E-state index contributed by atoms with van der Waals surface area (Å²) in [5.41, 5.74) is 7.20. The van der Waals surface area contributed by atoms with Crippen LogP contribution < -0.4 is 5.73 Å². The minimum absolute atomic E-state index is 0.203. The molecule has 0 aliphatic rings. The van der Waals surface area contributed by atoms with Crippen molar-refractivity contribution < 1.29 is 8.42 Å². The topological polar surface area (TPSA) is 63.4 Å². The maximum Gasteiger partial charge on any atom is 0.243 e. The van der Waals surface area contributed by atoms with E-state index < -0.39 is 10.0 Å². The highest BCUT2D eigenvalue weighted by atomic mass is 32.2. The minimum Gasteiger partial charge on any atom is -0.326 e. The Hall–Kier alpha value is -1.69. The molecule has 0 radical (unpaired) electrons. The first-order chi connectivity index (χ1) is 9.55. The van der Waals surface area contributed by atoms with Crippen LogP contribution in [-0.4, -0.2) is 19.8 Å². The van der Waals surface area contributed by atoms with Gasteiger partial charge in [0.15, 0.2) is 0 Å². The first-order valence-corrected chi connectivity index (χ1v) is 7.78. The van der Waals surface area contributed by atoms with Gasteiger partial charge in [-0.3, -0.25) is 0 Å². The number of hydrogen-bond acceptors (Lipinski definition) is 3. The monoisotopic (exact) mass is 290 g/mol. The summed E-state index contributed by atoms with van der Waals surface area (Å²) in [4.78, 5) is 0.279. The largest absolute Gasteiger partial charge is 0.326 e. The molecule has 0 aliphatic heterocycles. The van der Waals surface area contributed by atoms with E-state index in [1.54, 1.807) is 31.3 Å². The SMILES string of the molecule is CN(Cc1ccccc1)S(=O)(=O)c1ccccc1CN. The van der Waals surface area contributed by atoms with Crippen molar-refractivity contribution in [1.29, 1.82) is 0 Å². The molecule has 0 spiro atoms. The summed E-state index contributed by atoms with van der Waals surface area (Å²) >= 11 is 0. The highest BCUT2D eigenvalue weighted by Crippen LogP contribution is 2.20. The third-order valence-corrected chi connectivity index (χ3v) is 5.03. The van der Waals surface area contributed by atoms with Crippen molar-refractivity contribution in [2.45, 2.75) is 18.0 Å². The van der Waals surface area contributed by atoms with E-state index in [9.17, 15) is 8.42 Å². The van der Waals surface area contributed by atoms with Gasteiger partial charge in [0, 0.05) is 20.1 Å². The molecular weight excluding hydrogens is 272 g/mol. The van der Waals surface area contributed by atoms with Crippen molar-refractivity contribution in [2.75, 3.05) is 7.05 Å². The Kier molecular flexibility index (Phi) is 4.54. The fraction of sp³-hybridized carbons (Fsp3) is 0.200. The first kappa shape index (κ1) is 14.7. The van der Waals surface area contributed by atoms with E-state index in [2.05, 4.69) is 0 Å². The Bertz CT molecular complexity index is 669. The summed E-state index contributed by atoms with van der Waals surface area (Å²) in [6.45, 7) is 0.538. The third kappa shape index (κ3) is 3.07. The molecule has 2 rings (SSSR count). The van der Waals surface area contributed by atoms with Crippen LogP contribution in [0.3, 0.4) is 0 Å². The molecule has 0 heterocycles. The average molecular weight is 290 g/mol. The van der Waals surface area contributed by atoms with Gasteiger partial charge in [-0.05, 0) is 17.2 Å². The molecule has 0 fully saturated rings. The van der Waals surface area contributed by atoms with Crippen LogP contribution in [0, 0.1) is 0 Å². The zero-order valence-electron chi connectivity index (χ0n) is 11.4. The number of sulfonamides is 1. The average Bonchev–Trinajstić information content (AvgIpc) is 2.48. The predicted octanol–water partition coefficient (Wildman–Crippen LogP) is 1.97. The van der Waals surface area contributed by atoms with Gasteiger partial charge in [-0.1, -0.05) is 48.5 Å². The minimum atomic E-state index is -3.53. The summed E-state index contributed by atoms with van der Waals surface area (Å²) in [7, 11) is -1.95. The maximum atomic E-state index is 12.6. The van der Waals surface area contributed by atoms with Crippen LogP contribution in [0.4, 0.5) is 0 Å². The second-order valence-corrected chi connectivity index (χ2v) is 6.57. The van der Waals surface area contributed by atoms with Crippen LogP contribution in [0.5, 0.6) is 0 Å². The molecule has 0 unspecified atom stereocenters. The van der Waals surface area contributed by atoms with Crippen LogP contribution in [0.2, 0.25) is 0 Å². The van der Waals surface area contributed by atoms with Crippen LogP contribution in [0.25, 0.3) is 0 Å². The van der Waals surface area contributed by atoms with Gasteiger partial charge in [-0.2, -0.15) is 4.31 Å². The van der Waals surface area contributed by atoms with Crippen LogP contribution in [0.1, 0.15) is 11.1 Å². The quantitative estimate of drug-likeness (QED) is 0.915. The lowest BCUT2D eigenvalue weighted by Gasteiger charge is -2.19. The third-order valence-electron chi connectivity index (χ3n) is 3.13. The second-order valence-electron chi connectivity index (χ2n) is 4.56. The van der Waals surface area contributed by atoms with Gasteiger partial charge in [-0.15, -0.1) is 0 Å². The fourth-order valence-corrected chi connectivity index (χ4v) is 3.41. The Morgan fingerprint density at radius 2 is 1.60 bits per heavy atom. The molecule has 0 atom stereocenters. The van der Waals surface area contributed by atoms with Crippen molar-refractivity contribution in [3.63, 3.8) is 0 Å². The number of nitrogens with two attached hydrogens (primary N) is 1. The van der Waals surface area contributed by atoms with Crippen molar-refractivity contribution in [3.8, 4) is 0 Å². The van der Waals surface area contributed by atoms with E-state index in [4.69, 9.17) is 5.73 Å². The fourth-order valence-electron chi connectivity index (χ4n) is 2.02. The van der Waals surface area contributed by atoms with E-state index in [0.717, 1.165) is 5.56 Å². The number of nitrogens with zero attached hydrogens (tertiary/aromatic N) is 1. The molecule has 0 aromatic heterocycles. The molecule has 0 saturated carbocycles. The lowest BCUT2D eigenvalue weighted by Crippen LogP contribution is -2.27. The van der Waals surface area contributed by atoms with Crippen LogP contribution in [0.15, 0.2) is 59.5 Å². The summed E-state index contributed by atoms with van der Waals surface area (Å²) in [5.74, 6) is 0. The smallest absolute Gasteiger partial charge is 0.243 e. The standard InChI is InChI=1S/C15H18N2O2S/c1-17(12-13-7-3-2-4-8-13)20(18,19)15-10-6-5-9-14(15)11-16/h2-10H,11-12,16H2,1H3. The van der Waals surface area contributed by atoms with Gasteiger partial charge in [-0.25, -0.2) is 8.42 Å². The summed E-state index contributed by atoms with van der Waals surface area (Å²) in [5, 5.41) is 0. The maximum absolute atomic E-state index is 12.6. The van der Waals surface area contributed by atoms with Crippen molar-refractivity contribution in [3.05, 3.63) is 65.7 Å². The van der Waals surface area contributed by atoms with E-state index >= 15 is 0 Å². The Morgan fingerprint density at radius 1 is 1.00 bits per heavy atom. The number of hydrogen-bond donors (Lipinski definition) is 1. The summed E-state index contributed by atoms with van der Waals surface area (Å²) in [6, 6.07) is 16.3. The van der Waals surface area contributed by atoms with Crippen molar-refractivity contribution >= 4 is 10.0 Å². The highest BCUT2D eigenvalue weighted by molar-refractivity contribution is 7.89. The molecule has 2 aromatic carbocycles. The lowest BCUT2D eigenvalue weighted by atomic mass is 10.2. The molecule has 20 heavy (non-hydrogen) atoms. The van der Waals surface area contributed by atoms with Gasteiger partial charge < -0.3 is 5.73 Å². The molecule has 0 aliphatic carbocycles. The predicted molar refractivity (Wildman–Crippen MR) is 79.4 cm³/mol. The normalized spacial score (nSPS) is 11.8. The highest BCUT2D eigenvalue weighted by Gasteiger charge is 2.23. The van der Waals surface area contributed by atoms with Crippen LogP contribution >= 0.6 is 0 Å². The van der Waals surface area contributed by atoms with E-state index in [1.807, 2.05) is 30.3 Å². The Morgan fingerprint density at radius 3 is 2.25 bits per heavy atom. The molecular formula is C15H18N2O2S. The lowest BCUT2D eigenvalue weighted by molar-refractivity contribution is 0.466. The Balaban J connectivity index is 2.30. The first-order valence-electron chi connectivity index (χ1n) is 6.34. The number of rotatable bonds is 5. The molecule has 106 valence electrons. The molecule has 0 saturated heterocycles. The number of benzene rings is 2. The van der Waals surface area contributed by atoms with Gasteiger partial charge in [0.05, 0.1) is 4.90 Å². The van der Waals surface area contributed by atoms with Gasteiger partial charge in [0.2, 0.25) is 10.0 Å². The van der Waals surface area contributed by atoms with E-state index in [1.165, 1.54) is 4.31 Å². The molecule has 0 amide bonds. The summed E-state index contributed by atoms with van der Waals surface area (Å²) in [6.07, 6.45) is 0. The second kappa shape index (κ2) is 6.17. The molecule has 5 heteroatoms. The van der Waals surface area contributed by atoms with E-state index in [-0.39, 0.29) is 11.4 Å². The summed E-state index contributed by atoms with van der Waals surface area (Å²) < 4.78 is 26.5. The zero-order chi connectivity index (χ0) is 14.6. The van der Waals surface area contributed by atoms with Crippen molar-refractivity contribution in [1.82, 2.24) is 4.31 Å². The molecule has 2 aromatic rings. The molecule has 0 bridgehead atoms. The van der Waals surface area contributed by atoms with Crippen molar-refractivity contribution in [2.24, 2.45) is 5.73 Å². The van der Waals surface area contributed by atoms with Gasteiger partial charge in [0.1, 0.15) is 0 Å². The van der Waals surface area contributed by atoms with Crippen LogP contribution in [-0.2, 0) is 23.1 Å². The Labute approximate surface area is 119 Å². The molecule has 2 N–H and O–H groups in total.